The van der Waals surface area contributed by atoms with Crippen LogP contribution in [0.3, 0.4) is 0 Å². The molecular weight excluding hydrogens is 346 g/mol. The highest BCUT2D eigenvalue weighted by molar-refractivity contribution is 9.11. The second kappa shape index (κ2) is 8.06. The molecule has 3 nitrogen and oxygen atoms in total. The standard InChI is InChI=1S/C12H19Br2N3/c1-3-6-17(4-2)7-5-15-12-11(14)8-10(13)9-16-12/h8-9H,3-7H2,1-2H3,(H,15,16). The predicted molar refractivity (Wildman–Crippen MR) is 80.5 cm³/mol. The lowest BCUT2D eigenvalue weighted by Crippen LogP contribution is -2.29. The van der Waals surface area contributed by atoms with E-state index in [9.17, 15) is 0 Å². The fourth-order valence-electron chi connectivity index (χ4n) is 1.62. The molecule has 1 aromatic rings. The maximum Gasteiger partial charge on any atom is 0.140 e. The molecule has 5 heteroatoms. The number of rotatable bonds is 7. The lowest BCUT2D eigenvalue weighted by atomic mass is 10.4. The quantitative estimate of drug-likeness (QED) is 0.798. The molecule has 96 valence electrons. The molecule has 0 unspecified atom stereocenters. The minimum atomic E-state index is 0.903. The normalized spacial score (nSPS) is 10.9. The van der Waals surface area contributed by atoms with E-state index in [2.05, 4.69) is 60.9 Å². The van der Waals surface area contributed by atoms with Crippen molar-refractivity contribution in [3.63, 3.8) is 0 Å². The molecule has 1 rings (SSSR count). The molecule has 0 saturated carbocycles. The summed E-state index contributed by atoms with van der Waals surface area (Å²) in [6.45, 7) is 8.64. The monoisotopic (exact) mass is 363 g/mol. The van der Waals surface area contributed by atoms with Crippen LogP contribution in [0.15, 0.2) is 21.2 Å². The van der Waals surface area contributed by atoms with E-state index in [-0.39, 0.29) is 0 Å². The van der Waals surface area contributed by atoms with Gasteiger partial charge in [-0.3, -0.25) is 0 Å². The van der Waals surface area contributed by atoms with E-state index >= 15 is 0 Å². The molecule has 0 aliphatic heterocycles. The van der Waals surface area contributed by atoms with Crippen LogP contribution < -0.4 is 5.32 Å². The first kappa shape index (κ1) is 14.9. The van der Waals surface area contributed by atoms with Crippen molar-refractivity contribution in [3.05, 3.63) is 21.2 Å². The fourth-order valence-corrected chi connectivity index (χ4v) is 2.75. The number of hydrogen-bond donors (Lipinski definition) is 1. The number of anilines is 1. The van der Waals surface area contributed by atoms with Crippen molar-refractivity contribution in [3.8, 4) is 0 Å². The Bertz CT molecular complexity index is 345. The summed E-state index contributed by atoms with van der Waals surface area (Å²) >= 11 is 6.88. The molecule has 1 N–H and O–H groups in total. The SMILES string of the molecule is CCCN(CC)CCNc1ncc(Br)cc1Br. The minimum Gasteiger partial charge on any atom is -0.368 e. The number of halogens is 2. The van der Waals surface area contributed by atoms with E-state index in [1.165, 1.54) is 6.42 Å². The summed E-state index contributed by atoms with van der Waals surface area (Å²) in [6.07, 6.45) is 3.00. The summed E-state index contributed by atoms with van der Waals surface area (Å²) in [5.41, 5.74) is 0. The predicted octanol–water partition coefficient (Wildman–Crippen LogP) is 3.75. The minimum absolute atomic E-state index is 0.903. The van der Waals surface area contributed by atoms with Gasteiger partial charge >= 0.3 is 0 Å². The first-order valence-corrected chi connectivity index (χ1v) is 7.53. The topological polar surface area (TPSA) is 28.2 Å². The van der Waals surface area contributed by atoms with Crippen LogP contribution in [0.25, 0.3) is 0 Å². The molecule has 0 atom stereocenters. The molecular formula is C12H19Br2N3. The van der Waals surface area contributed by atoms with Gasteiger partial charge in [0, 0.05) is 23.8 Å². The third-order valence-electron chi connectivity index (χ3n) is 2.52. The highest BCUT2D eigenvalue weighted by Crippen LogP contribution is 2.23. The molecule has 1 heterocycles. The van der Waals surface area contributed by atoms with Crippen LogP contribution in [-0.2, 0) is 0 Å². The van der Waals surface area contributed by atoms with Crippen LogP contribution in [0, 0.1) is 0 Å². The Morgan fingerprint density at radius 1 is 1.29 bits per heavy atom. The largest absolute Gasteiger partial charge is 0.368 e. The van der Waals surface area contributed by atoms with Crippen molar-refractivity contribution in [2.75, 3.05) is 31.5 Å². The number of nitrogens with zero attached hydrogens (tertiary/aromatic N) is 2. The van der Waals surface area contributed by atoms with Crippen molar-refractivity contribution in [1.29, 1.82) is 0 Å². The fraction of sp³-hybridized carbons (Fsp3) is 0.583. The lowest BCUT2D eigenvalue weighted by molar-refractivity contribution is 0.300. The van der Waals surface area contributed by atoms with Gasteiger partial charge in [0.25, 0.3) is 0 Å². The Morgan fingerprint density at radius 3 is 2.65 bits per heavy atom. The maximum atomic E-state index is 4.32. The summed E-state index contributed by atoms with van der Waals surface area (Å²) in [7, 11) is 0. The van der Waals surface area contributed by atoms with E-state index in [0.29, 0.717) is 0 Å². The van der Waals surface area contributed by atoms with Crippen LogP contribution in [0.4, 0.5) is 5.82 Å². The first-order chi connectivity index (χ1) is 8.17. The third-order valence-corrected chi connectivity index (χ3v) is 3.55. The second-order valence-electron chi connectivity index (χ2n) is 3.85. The van der Waals surface area contributed by atoms with Gasteiger partial charge in [0.15, 0.2) is 0 Å². The number of aromatic nitrogens is 1. The Hall–Kier alpha value is -0.130. The van der Waals surface area contributed by atoms with Gasteiger partial charge in [-0.1, -0.05) is 13.8 Å². The van der Waals surface area contributed by atoms with Crippen molar-refractivity contribution in [2.24, 2.45) is 0 Å². The van der Waals surface area contributed by atoms with E-state index in [1.54, 1.807) is 6.20 Å². The number of likely N-dealkylation sites (N-methyl/N-ethyl adjacent to an activating group) is 1. The van der Waals surface area contributed by atoms with E-state index in [0.717, 1.165) is 40.9 Å². The Balaban J connectivity index is 2.39. The van der Waals surface area contributed by atoms with Gasteiger partial charge in [0.1, 0.15) is 5.82 Å². The van der Waals surface area contributed by atoms with Gasteiger partial charge in [-0.05, 0) is 57.4 Å². The average Bonchev–Trinajstić information content (AvgIpc) is 2.30. The zero-order valence-electron chi connectivity index (χ0n) is 10.3. The molecule has 0 spiro atoms. The van der Waals surface area contributed by atoms with Crippen molar-refractivity contribution >= 4 is 37.7 Å². The zero-order chi connectivity index (χ0) is 12.7. The van der Waals surface area contributed by atoms with Crippen LogP contribution >= 0.6 is 31.9 Å². The zero-order valence-corrected chi connectivity index (χ0v) is 13.5. The molecule has 0 bridgehead atoms. The van der Waals surface area contributed by atoms with Gasteiger partial charge in [0.05, 0.1) is 4.47 Å². The van der Waals surface area contributed by atoms with Crippen molar-refractivity contribution in [1.82, 2.24) is 9.88 Å². The summed E-state index contributed by atoms with van der Waals surface area (Å²) in [4.78, 5) is 6.75. The number of nitrogens with one attached hydrogen (secondary N) is 1. The number of hydrogen-bond acceptors (Lipinski definition) is 3. The molecule has 0 aliphatic rings. The average molecular weight is 365 g/mol. The summed E-state index contributed by atoms with van der Waals surface area (Å²) < 4.78 is 1.97. The molecule has 0 aliphatic carbocycles. The van der Waals surface area contributed by atoms with Gasteiger partial charge in [-0.2, -0.15) is 0 Å². The summed E-state index contributed by atoms with van der Waals surface area (Å²) in [5, 5.41) is 3.34. The van der Waals surface area contributed by atoms with Crippen LogP contribution in [-0.4, -0.2) is 36.1 Å². The summed E-state index contributed by atoms with van der Waals surface area (Å²) in [6, 6.07) is 2.00. The van der Waals surface area contributed by atoms with Crippen LogP contribution in [0.2, 0.25) is 0 Å². The number of pyridine rings is 1. The first-order valence-electron chi connectivity index (χ1n) is 5.94. The van der Waals surface area contributed by atoms with E-state index in [4.69, 9.17) is 0 Å². The van der Waals surface area contributed by atoms with Crippen LogP contribution in [0.1, 0.15) is 20.3 Å². The van der Waals surface area contributed by atoms with Gasteiger partial charge in [-0.15, -0.1) is 0 Å². The van der Waals surface area contributed by atoms with Gasteiger partial charge in [-0.25, -0.2) is 4.98 Å². The Kier molecular flexibility index (Phi) is 7.08. The molecule has 0 radical (unpaired) electrons. The van der Waals surface area contributed by atoms with Crippen molar-refractivity contribution in [2.45, 2.75) is 20.3 Å². The van der Waals surface area contributed by atoms with Gasteiger partial charge in [0.2, 0.25) is 0 Å². The maximum absolute atomic E-state index is 4.32. The van der Waals surface area contributed by atoms with Gasteiger partial charge < -0.3 is 10.2 Å². The van der Waals surface area contributed by atoms with E-state index in [1.807, 2.05) is 6.07 Å². The molecule has 0 saturated heterocycles. The summed E-state index contributed by atoms with van der Waals surface area (Å²) in [5.74, 6) is 0.903. The third kappa shape index (κ3) is 5.36. The molecule has 0 amide bonds. The molecule has 0 aromatic carbocycles. The molecule has 1 aromatic heterocycles. The molecule has 0 fully saturated rings. The molecule has 17 heavy (non-hydrogen) atoms. The van der Waals surface area contributed by atoms with Crippen molar-refractivity contribution < 1.29 is 0 Å². The second-order valence-corrected chi connectivity index (χ2v) is 5.62. The Labute approximate surface area is 120 Å². The van der Waals surface area contributed by atoms with E-state index < -0.39 is 0 Å². The Morgan fingerprint density at radius 2 is 2.06 bits per heavy atom. The van der Waals surface area contributed by atoms with Crippen LogP contribution in [0.5, 0.6) is 0 Å². The highest BCUT2D eigenvalue weighted by Gasteiger charge is 2.03. The smallest absolute Gasteiger partial charge is 0.140 e. The highest BCUT2D eigenvalue weighted by atomic mass is 79.9. The lowest BCUT2D eigenvalue weighted by Gasteiger charge is -2.19.